The van der Waals surface area contributed by atoms with E-state index < -0.39 is 0 Å². The number of allylic oxidation sites excluding steroid dienone is 2. The fourth-order valence-electron chi connectivity index (χ4n) is 3.31. The minimum Gasteiger partial charge on any atom is -0.346 e. The van der Waals surface area contributed by atoms with Crippen molar-refractivity contribution in [2.45, 2.75) is 33.7 Å². The molecule has 1 aliphatic heterocycles. The number of H-pyrrole nitrogens is 1. The Kier molecular flexibility index (Phi) is 5.00. The van der Waals surface area contributed by atoms with Gasteiger partial charge in [0.2, 0.25) is 0 Å². The third-order valence-electron chi connectivity index (χ3n) is 4.68. The molecule has 3 aromatic heterocycles. The van der Waals surface area contributed by atoms with Crippen molar-refractivity contribution in [1.29, 1.82) is 0 Å². The standard InChI is InChI=1S/C21H23N5OS/c1-14-9-15(2)26(24-14)12-18-10-19(23-22-18)17-5-4-8-25(11-17)13-20(27)21-7-6-16(3)28-21/h4,6-11H,5,12-13H2,1-3H3,(H,22,23). The molecule has 28 heavy (non-hydrogen) atoms. The molecule has 144 valence electrons. The number of thiophene rings is 1. The van der Waals surface area contributed by atoms with Crippen LogP contribution < -0.4 is 0 Å². The molecule has 0 aliphatic carbocycles. The minimum absolute atomic E-state index is 0.132. The van der Waals surface area contributed by atoms with Gasteiger partial charge in [-0.05, 0) is 57.0 Å². The van der Waals surface area contributed by atoms with Gasteiger partial charge in [0.25, 0.3) is 0 Å². The summed E-state index contributed by atoms with van der Waals surface area (Å²) in [7, 11) is 0. The number of aryl methyl sites for hydroxylation is 3. The smallest absolute Gasteiger partial charge is 0.192 e. The normalized spacial score (nSPS) is 13.8. The van der Waals surface area contributed by atoms with E-state index in [1.54, 1.807) is 11.3 Å². The van der Waals surface area contributed by atoms with Crippen LogP contribution in [0.2, 0.25) is 0 Å². The zero-order valence-electron chi connectivity index (χ0n) is 16.3. The van der Waals surface area contributed by atoms with Gasteiger partial charge in [-0.2, -0.15) is 10.2 Å². The summed E-state index contributed by atoms with van der Waals surface area (Å²) in [5, 5.41) is 12.1. The molecule has 0 spiro atoms. The van der Waals surface area contributed by atoms with E-state index in [0.717, 1.165) is 44.5 Å². The number of aromatic nitrogens is 4. The van der Waals surface area contributed by atoms with Crippen LogP contribution in [0.25, 0.3) is 5.57 Å². The van der Waals surface area contributed by atoms with Crippen LogP contribution in [0.3, 0.4) is 0 Å². The van der Waals surface area contributed by atoms with Crippen LogP contribution in [0.4, 0.5) is 0 Å². The predicted octanol–water partition coefficient (Wildman–Crippen LogP) is 4.08. The highest BCUT2D eigenvalue weighted by Gasteiger charge is 2.15. The van der Waals surface area contributed by atoms with Gasteiger partial charge in [-0.3, -0.25) is 14.6 Å². The molecule has 0 bridgehead atoms. The lowest BCUT2D eigenvalue weighted by Gasteiger charge is -2.19. The fraction of sp³-hybridized carbons (Fsp3) is 0.286. The number of ketones is 1. The summed E-state index contributed by atoms with van der Waals surface area (Å²) in [5.74, 6) is 0.132. The second kappa shape index (κ2) is 7.59. The highest BCUT2D eigenvalue weighted by Crippen LogP contribution is 2.23. The highest BCUT2D eigenvalue weighted by molar-refractivity contribution is 7.14. The van der Waals surface area contributed by atoms with Crippen molar-refractivity contribution in [3.05, 3.63) is 75.3 Å². The summed E-state index contributed by atoms with van der Waals surface area (Å²) in [6.07, 6.45) is 6.84. The Morgan fingerprint density at radius 2 is 2.11 bits per heavy atom. The average Bonchev–Trinajstić information content (AvgIpc) is 3.37. The number of hydrogen-bond donors (Lipinski definition) is 1. The first kappa shape index (κ1) is 18.4. The van der Waals surface area contributed by atoms with Crippen molar-refractivity contribution >= 4 is 22.7 Å². The maximum atomic E-state index is 12.5. The Morgan fingerprint density at radius 3 is 2.82 bits per heavy atom. The van der Waals surface area contributed by atoms with E-state index in [-0.39, 0.29) is 5.78 Å². The summed E-state index contributed by atoms with van der Waals surface area (Å²) in [6.45, 7) is 7.06. The van der Waals surface area contributed by atoms with Gasteiger partial charge in [-0.25, -0.2) is 0 Å². The topological polar surface area (TPSA) is 66.8 Å². The predicted molar refractivity (Wildman–Crippen MR) is 111 cm³/mol. The molecule has 1 N–H and O–H groups in total. The van der Waals surface area contributed by atoms with Gasteiger partial charge in [0.05, 0.1) is 35.0 Å². The Balaban J connectivity index is 1.46. The van der Waals surface area contributed by atoms with Crippen molar-refractivity contribution in [2.24, 2.45) is 0 Å². The number of aromatic amines is 1. The number of nitrogens with one attached hydrogen (secondary N) is 1. The number of rotatable bonds is 6. The molecule has 7 heteroatoms. The first-order chi connectivity index (χ1) is 13.5. The molecule has 0 saturated carbocycles. The van der Waals surface area contributed by atoms with Crippen LogP contribution >= 0.6 is 11.3 Å². The molecule has 3 aromatic rings. The lowest BCUT2D eigenvalue weighted by molar-refractivity contribution is 0.0973. The van der Waals surface area contributed by atoms with Crippen molar-refractivity contribution in [2.75, 3.05) is 6.54 Å². The molecule has 0 unspecified atom stereocenters. The molecule has 0 aromatic carbocycles. The second-order valence-electron chi connectivity index (χ2n) is 7.11. The Morgan fingerprint density at radius 1 is 1.25 bits per heavy atom. The average molecular weight is 394 g/mol. The van der Waals surface area contributed by atoms with Gasteiger partial charge in [0.15, 0.2) is 5.78 Å². The summed E-state index contributed by atoms with van der Waals surface area (Å²) in [6, 6.07) is 8.01. The van der Waals surface area contributed by atoms with E-state index in [0.29, 0.717) is 13.1 Å². The van der Waals surface area contributed by atoms with E-state index in [2.05, 4.69) is 40.4 Å². The van der Waals surface area contributed by atoms with Crippen LogP contribution in [0.15, 0.2) is 42.7 Å². The number of carbonyl (C=O) groups is 1. The molecule has 0 fully saturated rings. The maximum absolute atomic E-state index is 12.5. The van der Waals surface area contributed by atoms with Crippen LogP contribution in [-0.2, 0) is 6.54 Å². The molecule has 0 atom stereocenters. The summed E-state index contributed by atoms with van der Waals surface area (Å²) in [4.78, 5) is 16.4. The van der Waals surface area contributed by atoms with Crippen molar-refractivity contribution in [3.63, 3.8) is 0 Å². The molecule has 4 heterocycles. The Labute approximate surface area is 168 Å². The maximum Gasteiger partial charge on any atom is 0.192 e. The third-order valence-corrected chi connectivity index (χ3v) is 5.72. The zero-order valence-corrected chi connectivity index (χ0v) is 17.1. The van der Waals surface area contributed by atoms with E-state index in [1.165, 1.54) is 0 Å². The highest BCUT2D eigenvalue weighted by atomic mass is 32.1. The largest absolute Gasteiger partial charge is 0.346 e. The van der Waals surface area contributed by atoms with E-state index in [1.807, 2.05) is 48.0 Å². The van der Waals surface area contributed by atoms with Gasteiger partial charge >= 0.3 is 0 Å². The van der Waals surface area contributed by atoms with Gasteiger partial charge < -0.3 is 4.90 Å². The first-order valence-corrected chi connectivity index (χ1v) is 10.1. The summed E-state index contributed by atoms with van der Waals surface area (Å²) in [5.41, 5.74) is 5.15. The van der Waals surface area contributed by atoms with E-state index >= 15 is 0 Å². The first-order valence-electron chi connectivity index (χ1n) is 9.26. The van der Waals surface area contributed by atoms with E-state index in [4.69, 9.17) is 0 Å². The van der Waals surface area contributed by atoms with E-state index in [9.17, 15) is 4.79 Å². The zero-order chi connectivity index (χ0) is 19.7. The Hall–Kier alpha value is -2.93. The second-order valence-corrected chi connectivity index (χ2v) is 8.40. The Bertz CT molecular complexity index is 1070. The van der Waals surface area contributed by atoms with Crippen LogP contribution in [0, 0.1) is 20.8 Å². The van der Waals surface area contributed by atoms with Crippen molar-refractivity contribution < 1.29 is 4.79 Å². The molecule has 4 rings (SSSR count). The van der Waals surface area contributed by atoms with Crippen molar-refractivity contribution in [3.8, 4) is 0 Å². The van der Waals surface area contributed by atoms with Crippen LogP contribution in [-0.4, -0.2) is 37.2 Å². The quantitative estimate of drug-likeness (QED) is 0.641. The van der Waals surface area contributed by atoms with Crippen LogP contribution in [0.1, 0.15) is 43.7 Å². The molecule has 0 amide bonds. The lowest BCUT2D eigenvalue weighted by Crippen LogP contribution is -2.21. The van der Waals surface area contributed by atoms with Gasteiger partial charge in [0.1, 0.15) is 0 Å². The third kappa shape index (κ3) is 3.99. The molecular weight excluding hydrogens is 370 g/mol. The molecule has 6 nitrogen and oxygen atoms in total. The van der Waals surface area contributed by atoms with Gasteiger partial charge in [0, 0.05) is 23.0 Å². The summed E-state index contributed by atoms with van der Waals surface area (Å²) >= 11 is 1.54. The molecular formula is C21H23N5OS. The molecule has 0 saturated heterocycles. The SMILES string of the molecule is Cc1cc(C)n(Cc2cc(C3=CN(CC(=O)c4ccc(C)s4)C=CC3)n[nH]2)n1. The monoisotopic (exact) mass is 393 g/mol. The van der Waals surface area contributed by atoms with Gasteiger partial charge in [-0.1, -0.05) is 6.08 Å². The van der Waals surface area contributed by atoms with Gasteiger partial charge in [-0.15, -0.1) is 11.3 Å². The lowest BCUT2D eigenvalue weighted by atomic mass is 10.1. The molecule has 0 radical (unpaired) electrons. The number of hydrogen-bond acceptors (Lipinski definition) is 5. The minimum atomic E-state index is 0.132. The number of Topliss-reactive ketones (excluding diaryl/α,β-unsaturated/α-hetero) is 1. The molecule has 1 aliphatic rings. The number of nitrogens with zero attached hydrogens (tertiary/aromatic N) is 4. The van der Waals surface area contributed by atoms with Crippen molar-refractivity contribution in [1.82, 2.24) is 24.9 Å². The van der Waals surface area contributed by atoms with Crippen LogP contribution in [0.5, 0.6) is 0 Å². The summed E-state index contributed by atoms with van der Waals surface area (Å²) < 4.78 is 1.97. The number of carbonyl (C=O) groups excluding carboxylic acids is 1. The fourth-order valence-corrected chi connectivity index (χ4v) is 4.11.